The molecule has 0 aromatic heterocycles. The Hall–Kier alpha value is -3.35. The summed E-state index contributed by atoms with van der Waals surface area (Å²) in [7, 11) is 3.13. The fraction of sp³-hybridized carbons (Fsp3) is 0.286. The predicted octanol–water partition coefficient (Wildman–Crippen LogP) is 2.17. The average molecular weight is 381 g/mol. The van der Waals surface area contributed by atoms with E-state index in [-0.39, 0.29) is 24.3 Å². The number of nitrogens with one attached hydrogen (secondary N) is 1. The van der Waals surface area contributed by atoms with Gasteiger partial charge in [-0.25, -0.2) is 5.43 Å². The Balaban J connectivity index is 1.56. The Kier molecular flexibility index (Phi) is 6.26. The van der Waals surface area contributed by atoms with E-state index in [4.69, 9.17) is 9.47 Å². The molecule has 146 valence electrons. The number of likely N-dealkylation sites (tertiary alicyclic amines) is 1. The lowest BCUT2D eigenvalue weighted by Gasteiger charge is -2.15. The van der Waals surface area contributed by atoms with E-state index >= 15 is 0 Å². The molecule has 1 N–H and O–H groups in total. The summed E-state index contributed by atoms with van der Waals surface area (Å²) in [4.78, 5) is 26.0. The summed E-state index contributed by atoms with van der Waals surface area (Å²) in [5.74, 6) is 1.01. The first kappa shape index (κ1) is 19.4. The summed E-state index contributed by atoms with van der Waals surface area (Å²) in [6, 6.07) is 15.2. The molecule has 2 aromatic rings. The summed E-state index contributed by atoms with van der Waals surface area (Å²) >= 11 is 0. The van der Waals surface area contributed by atoms with Gasteiger partial charge in [0, 0.05) is 24.4 Å². The highest BCUT2D eigenvalue weighted by molar-refractivity contribution is 5.88. The molecule has 7 nitrogen and oxygen atoms in total. The Morgan fingerprint density at radius 2 is 2.00 bits per heavy atom. The molecule has 1 fully saturated rings. The normalized spacial score (nSPS) is 16.4. The topological polar surface area (TPSA) is 80.2 Å². The highest BCUT2D eigenvalue weighted by Gasteiger charge is 2.31. The molecule has 1 aliphatic rings. The zero-order chi connectivity index (χ0) is 19.9. The number of hydrazone groups is 1. The molecule has 0 saturated carbocycles. The van der Waals surface area contributed by atoms with Crippen molar-refractivity contribution in [1.82, 2.24) is 10.3 Å². The summed E-state index contributed by atoms with van der Waals surface area (Å²) in [5, 5.41) is 3.97. The lowest BCUT2D eigenvalue weighted by molar-refractivity contribution is -0.133. The molecule has 0 unspecified atom stereocenters. The number of hydrogen-bond acceptors (Lipinski definition) is 5. The third kappa shape index (κ3) is 4.68. The van der Waals surface area contributed by atoms with E-state index in [0.29, 0.717) is 30.0 Å². The summed E-state index contributed by atoms with van der Waals surface area (Å²) in [5.41, 5.74) is 4.25. The van der Waals surface area contributed by atoms with Crippen molar-refractivity contribution in [2.75, 3.05) is 27.3 Å². The van der Waals surface area contributed by atoms with E-state index in [9.17, 15) is 9.59 Å². The summed E-state index contributed by atoms with van der Waals surface area (Å²) in [6.45, 7) is 0.512. The Morgan fingerprint density at radius 1 is 1.21 bits per heavy atom. The van der Waals surface area contributed by atoms with Crippen LogP contribution in [-0.4, -0.2) is 50.2 Å². The van der Waals surface area contributed by atoms with E-state index in [1.807, 2.05) is 30.3 Å². The quantitative estimate of drug-likeness (QED) is 0.589. The van der Waals surface area contributed by atoms with Crippen molar-refractivity contribution in [3.05, 3.63) is 59.7 Å². The monoisotopic (exact) mass is 381 g/mol. The van der Waals surface area contributed by atoms with Crippen LogP contribution < -0.4 is 14.9 Å². The fourth-order valence-electron chi connectivity index (χ4n) is 3.20. The number of nitrogens with zero attached hydrogens (tertiary/aromatic N) is 2. The third-order valence-corrected chi connectivity index (χ3v) is 4.65. The van der Waals surface area contributed by atoms with Gasteiger partial charge in [0.15, 0.2) is 0 Å². The molecule has 2 amide bonds. The maximum atomic E-state index is 12.2. The highest BCUT2D eigenvalue weighted by Crippen LogP contribution is 2.27. The van der Waals surface area contributed by atoms with Crippen LogP contribution in [0.4, 0.5) is 0 Å². The first-order valence-corrected chi connectivity index (χ1v) is 8.97. The summed E-state index contributed by atoms with van der Waals surface area (Å²) in [6.07, 6.45) is 1.90. The zero-order valence-electron chi connectivity index (χ0n) is 15.9. The van der Waals surface area contributed by atoms with Crippen molar-refractivity contribution in [2.24, 2.45) is 5.10 Å². The minimum absolute atomic E-state index is 0.0191. The van der Waals surface area contributed by atoms with Gasteiger partial charge >= 0.3 is 0 Å². The van der Waals surface area contributed by atoms with E-state index in [0.717, 1.165) is 5.56 Å². The number of rotatable bonds is 7. The minimum Gasteiger partial charge on any atom is -0.497 e. The van der Waals surface area contributed by atoms with Gasteiger partial charge in [-0.2, -0.15) is 5.10 Å². The van der Waals surface area contributed by atoms with Crippen molar-refractivity contribution in [1.29, 1.82) is 0 Å². The minimum atomic E-state index is -0.347. The van der Waals surface area contributed by atoms with Crippen LogP contribution in [0.5, 0.6) is 11.5 Å². The lowest BCUT2D eigenvalue weighted by atomic mass is 9.99. The number of methoxy groups -OCH3 is 2. The van der Waals surface area contributed by atoms with Gasteiger partial charge < -0.3 is 14.4 Å². The molecule has 0 bridgehead atoms. The van der Waals surface area contributed by atoms with Crippen molar-refractivity contribution in [3.8, 4) is 11.5 Å². The van der Waals surface area contributed by atoms with E-state index < -0.39 is 0 Å². The van der Waals surface area contributed by atoms with Crippen LogP contribution in [0.15, 0.2) is 53.6 Å². The molecule has 1 aliphatic heterocycles. The first-order chi connectivity index (χ1) is 13.6. The first-order valence-electron chi connectivity index (χ1n) is 8.97. The Morgan fingerprint density at radius 3 is 2.71 bits per heavy atom. The number of carbonyl (C=O) groups is 2. The van der Waals surface area contributed by atoms with Gasteiger partial charge in [0.2, 0.25) is 5.91 Å². The van der Waals surface area contributed by atoms with Gasteiger partial charge in [-0.15, -0.1) is 0 Å². The van der Waals surface area contributed by atoms with Gasteiger partial charge in [-0.05, 0) is 23.8 Å². The largest absolute Gasteiger partial charge is 0.497 e. The second kappa shape index (κ2) is 9.03. The van der Waals surface area contributed by atoms with E-state index in [2.05, 4.69) is 10.5 Å². The molecule has 0 aliphatic carbocycles. The maximum absolute atomic E-state index is 12.2. The lowest BCUT2D eigenvalue weighted by Crippen LogP contribution is -2.36. The smallest absolute Gasteiger partial charge is 0.259 e. The molecule has 0 spiro atoms. The standard InChI is InChI=1S/C21H23N3O4/c1-27-18-8-9-19(28-2)16(10-18)12-22-23-20(25)14-24-13-17(11-21(24)26)15-6-4-3-5-7-15/h3-10,12,17H,11,13-14H2,1-2H3,(H,23,25)/b22-12-/t17-/m0/s1. The maximum Gasteiger partial charge on any atom is 0.259 e. The predicted molar refractivity (Wildman–Crippen MR) is 106 cm³/mol. The second-order valence-corrected chi connectivity index (χ2v) is 6.49. The van der Waals surface area contributed by atoms with E-state index in [1.165, 1.54) is 6.21 Å². The molecular formula is C21H23N3O4. The van der Waals surface area contributed by atoms with Gasteiger partial charge in [0.25, 0.3) is 5.91 Å². The third-order valence-electron chi connectivity index (χ3n) is 4.65. The van der Waals surface area contributed by atoms with Crippen LogP contribution in [0.2, 0.25) is 0 Å². The number of carbonyl (C=O) groups excluding carboxylic acids is 2. The SMILES string of the molecule is COc1ccc(OC)c(/C=N\NC(=O)CN2C[C@@H](c3ccccc3)CC2=O)c1. The van der Waals surface area contributed by atoms with Crippen LogP contribution in [0.1, 0.15) is 23.5 Å². The molecule has 28 heavy (non-hydrogen) atoms. The van der Waals surface area contributed by atoms with Crippen LogP contribution >= 0.6 is 0 Å². The van der Waals surface area contributed by atoms with Crippen LogP contribution in [0, 0.1) is 0 Å². The average Bonchev–Trinajstić information content (AvgIpc) is 3.08. The molecule has 3 rings (SSSR count). The van der Waals surface area contributed by atoms with Crippen molar-refractivity contribution >= 4 is 18.0 Å². The zero-order valence-corrected chi connectivity index (χ0v) is 15.9. The number of amides is 2. The second-order valence-electron chi connectivity index (χ2n) is 6.49. The molecule has 2 aromatic carbocycles. The number of hydrogen-bond donors (Lipinski definition) is 1. The van der Waals surface area contributed by atoms with Gasteiger partial charge in [-0.3, -0.25) is 9.59 Å². The molecule has 1 saturated heterocycles. The molecular weight excluding hydrogens is 358 g/mol. The van der Waals surface area contributed by atoms with Crippen LogP contribution in [0.25, 0.3) is 0 Å². The molecule has 7 heteroatoms. The van der Waals surface area contributed by atoms with Crippen molar-refractivity contribution in [2.45, 2.75) is 12.3 Å². The van der Waals surface area contributed by atoms with Gasteiger partial charge in [0.1, 0.15) is 18.0 Å². The molecule has 1 atom stereocenters. The molecule has 0 radical (unpaired) electrons. The van der Waals surface area contributed by atoms with Crippen LogP contribution in [-0.2, 0) is 9.59 Å². The highest BCUT2D eigenvalue weighted by atomic mass is 16.5. The number of ether oxygens (including phenoxy) is 2. The van der Waals surface area contributed by atoms with Gasteiger partial charge in [-0.1, -0.05) is 30.3 Å². The van der Waals surface area contributed by atoms with Crippen molar-refractivity contribution in [3.63, 3.8) is 0 Å². The fourth-order valence-corrected chi connectivity index (χ4v) is 3.20. The Bertz CT molecular complexity index is 867. The molecule has 1 heterocycles. The Labute approximate surface area is 163 Å². The van der Waals surface area contributed by atoms with Crippen molar-refractivity contribution < 1.29 is 19.1 Å². The van der Waals surface area contributed by atoms with Gasteiger partial charge in [0.05, 0.1) is 20.4 Å². The van der Waals surface area contributed by atoms with E-state index in [1.54, 1.807) is 37.3 Å². The van der Waals surface area contributed by atoms with Crippen LogP contribution in [0.3, 0.4) is 0 Å². The number of benzene rings is 2. The summed E-state index contributed by atoms with van der Waals surface area (Å²) < 4.78 is 10.4.